The lowest BCUT2D eigenvalue weighted by Crippen LogP contribution is -2.28. The highest BCUT2D eigenvalue weighted by molar-refractivity contribution is 6.30. The molecule has 1 N–H and O–H groups in total. The van der Waals surface area contributed by atoms with Crippen LogP contribution in [-0.4, -0.2) is 15.5 Å². The van der Waals surface area contributed by atoms with E-state index in [9.17, 15) is 4.79 Å². The predicted molar refractivity (Wildman–Crippen MR) is 127 cm³/mol. The first-order valence-corrected chi connectivity index (χ1v) is 10.9. The van der Waals surface area contributed by atoms with Crippen LogP contribution in [0.15, 0.2) is 72.8 Å². The van der Waals surface area contributed by atoms with Crippen LogP contribution in [-0.2, 0) is 6.54 Å². The summed E-state index contributed by atoms with van der Waals surface area (Å²) in [4.78, 5) is 17.6. The molecule has 5 heteroatoms. The maximum atomic E-state index is 12.7. The quantitative estimate of drug-likeness (QED) is 0.386. The standard InChI is InChI=1S/C26H26ClN3O/c1-17(2)20-10-8-19(9-11-20)16-30-24-7-5-4-6-23(24)29-25(30)18(3)28-26(31)21-12-14-22(27)15-13-21/h4-15,17-18H,16H2,1-3H3,(H,28,31). The smallest absolute Gasteiger partial charge is 0.251 e. The minimum absolute atomic E-state index is 0.149. The van der Waals surface area contributed by atoms with Crippen LogP contribution in [0.1, 0.15) is 60.0 Å². The second-order valence-corrected chi connectivity index (χ2v) is 8.58. The minimum atomic E-state index is -0.259. The van der Waals surface area contributed by atoms with E-state index in [0.717, 1.165) is 16.9 Å². The monoisotopic (exact) mass is 431 g/mol. The van der Waals surface area contributed by atoms with E-state index in [-0.39, 0.29) is 11.9 Å². The molecule has 1 aromatic heterocycles. The van der Waals surface area contributed by atoms with Gasteiger partial charge < -0.3 is 9.88 Å². The molecule has 0 fully saturated rings. The summed E-state index contributed by atoms with van der Waals surface area (Å²) in [6.45, 7) is 7.05. The molecule has 4 rings (SSSR count). The van der Waals surface area contributed by atoms with Gasteiger partial charge in [0.2, 0.25) is 0 Å². The van der Waals surface area contributed by atoms with Crippen molar-refractivity contribution in [3.05, 3.63) is 100 Å². The highest BCUT2D eigenvalue weighted by Crippen LogP contribution is 2.24. The van der Waals surface area contributed by atoms with Crippen molar-refractivity contribution < 1.29 is 4.79 Å². The zero-order chi connectivity index (χ0) is 22.0. The molecule has 3 aromatic carbocycles. The number of hydrogen-bond donors (Lipinski definition) is 1. The zero-order valence-electron chi connectivity index (χ0n) is 18.0. The van der Waals surface area contributed by atoms with Gasteiger partial charge >= 0.3 is 0 Å². The van der Waals surface area contributed by atoms with Gasteiger partial charge in [0.15, 0.2) is 0 Å². The van der Waals surface area contributed by atoms with Gasteiger partial charge in [-0.15, -0.1) is 0 Å². The molecule has 0 radical (unpaired) electrons. The van der Waals surface area contributed by atoms with E-state index >= 15 is 0 Å². The SMILES string of the molecule is CC(C)c1ccc(Cn2c(C(C)NC(=O)c3ccc(Cl)cc3)nc3ccccc32)cc1. The van der Waals surface area contributed by atoms with Crippen LogP contribution in [0.2, 0.25) is 5.02 Å². The number of halogens is 1. The van der Waals surface area contributed by atoms with E-state index in [4.69, 9.17) is 16.6 Å². The Morgan fingerprint density at radius 1 is 0.968 bits per heavy atom. The van der Waals surface area contributed by atoms with Crippen LogP contribution in [0, 0.1) is 0 Å². The first kappa shape index (κ1) is 21.1. The fourth-order valence-corrected chi connectivity index (χ4v) is 3.85. The number of hydrogen-bond acceptors (Lipinski definition) is 2. The highest BCUT2D eigenvalue weighted by atomic mass is 35.5. The lowest BCUT2D eigenvalue weighted by Gasteiger charge is -2.17. The summed E-state index contributed by atoms with van der Waals surface area (Å²) >= 11 is 5.94. The topological polar surface area (TPSA) is 46.9 Å². The molecule has 31 heavy (non-hydrogen) atoms. The number of para-hydroxylation sites is 2. The molecule has 1 heterocycles. The molecule has 0 aliphatic carbocycles. The Balaban J connectivity index is 1.64. The average molecular weight is 432 g/mol. The lowest BCUT2D eigenvalue weighted by atomic mass is 10.0. The second kappa shape index (κ2) is 8.94. The normalized spacial score (nSPS) is 12.3. The number of nitrogens with zero attached hydrogens (tertiary/aromatic N) is 2. The number of carbonyl (C=O) groups excluding carboxylic acids is 1. The molecule has 0 aliphatic rings. The maximum absolute atomic E-state index is 12.7. The van der Waals surface area contributed by atoms with E-state index in [1.165, 1.54) is 11.1 Å². The van der Waals surface area contributed by atoms with Crippen LogP contribution in [0.5, 0.6) is 0 Å². The Morgan fingerprint density at radius 2 is 1.65 bits per heavy atom. The molecule has 0 aliphatic heterocycles. The molecule has 0 spiro atoms. The van der Waals surface area contributed by atoms with Crippen LogP contribution in [0.3, 0.4) is 0 Å². The van der Waals surface area contributed by atoms with Crippen LogP contribution in [0.25, 0.3) is 11.0 Å². The van der Waals surface area contributed by atoms with Crippen LogP contribution in [0.4, 0.5) is 0 Å². The fourth-order valence-electron chi connectivity index (χ4n) is 3.73. The number of amides is 1. The van der Waals surface area contributed by atoms with Gasteiger partial charge in [-0.3, -0.25) is 4.79 Å². The van der Waals surface area contributed by atoms with Gasteiger partial charge in [0.05, 0.1) is 17.1 Å². The number of carbonyl (C=O) groups is 1. The summed E-state index contributed by atoms with van der Waals surface area (Å²) in [7, 11) is 0. The van der Waals surface area contributed by atoms with E-state index in [0.29, 0.717) is 23.0 Å². The lowest BCUT2D eigenvalue weighted by molar-refractivity contribution is 0.0938. The van der Waals surface area contributed by atoms with Crippen molar-refractivity contribution in [3.8, 4) is 0 Å². The molecule has 4 aromatic rings. The number of benzene rings is 3. The Hall–Kier alpha value is -3.11. The first-order valence-electron chi connectivity index (χ1n) is 10.5. The van der Waals surface area contributed by atoms with E-state index in [1.807, 2.05) is 25.1 Å². The largest absolute Gasteiger partial charge is 0.342 e. The number of fused-ring (bicyclic) bond motifs is 1. The fraction of sp³-hybridized carbons (Fsp3) is 0.231. The zero-order valence-corrected chi connectivity index (χ0v) is 18.7. The van der Waals surface area contributed by atoms with Crippen molar-refractivity contribution in [1.82, 2.24) is 14.9 Å². The molecule has 1 amide bonds. The van der Waals surface area contributed by atoms with Crippen LogP contribution < -0.4 is 5.32 Å². The van der Waals surface area contributed by atoms with Crippen molar-refractivity contribution in [3.63, 3.8) is 0 Å². The van der Waals surface area contributed by atoms with Gasteiger partial charge in [0.1, 0.15) is 5.82 Å². The van der Waals surface area contributed by atoms with Gasteiger partial charge in [-0.25, -0.2) is 4.98 Å². The third-order valence-electron chi connectivity index (χ3n) is 5.51. The Morgan fingerprint density at radius 3 is 2.32 bits per heavy atom. The van der Waals surface area contributed by atoms with Crippen molar-refractivity contribution in [1.29, 1.82) is 0 Å². The van der Waals surface area contributed by atoms with Gasteiger partial charge in [-0.1, -0.05) is 61.8 Å². The summed E-state index contributed by atoms with van der Waals surface area (Å²) < 4.78 is 2.19. The van der Waals surface area contributed by atoms with Crippen LogP contribution >= 0.6 is 11.6 Å². The van der Waals surface area contributed by atoms with Gasteiger partial charge in [0, 0.05) is 17.1 Å². The van der Waals surface area contributed by atoms with E-state index < -0.39 is 0 Å². The number of nitrogens with one attached hydrogen (secondary N) is 1. The summed E-state index contributed by atoms with van der Waals surface area (Å²) in [5.41, 5.74) is 5.07. The summed E-state index contributed by atoms with van der Waals surface area (Å²) in [6.07, 6.45) is 0. The Labute approximate surface area is 187 Å². The summed E-state index contributed by atoms with van der Waals surface area (Å²) in [6, 6.07) is 23.4. The third-order valence-corrected chi connectivity index (χ3v) is 5.76. The molecule has 158 valence electrons. The second-order valence-electron chi connectivity index (χ2n) is 8.14. The molecule has 1 unspecified atom stereocenters. The van der Waals surface area contributed by atoms with Crippen molar-refractivity contribution in [2.24, 2.45) is 0 Å². The van der Waals surface area contributed by atoms with Gasteiger partial charge in [-0.2, -0.15) is 0 Å². The summed E-state index contributed by atoms with van der Waals surface area (Å²) in [5, 5.41) is 3.68. The molecule has 0 saturated heterocycles. The van der Waals surface area contributed by atoms with Crippen molar-refractivity contribution in [2.45, 2.75) is 39.3 Å². The predicted octanol–water partition coefficient (Wildman–Crippen LogP) is 6.35. The Bertz CT molecular complexity index is 1190. The summed E-state index contributed by atoms with van der Waals surface area (Å²) in [5.74, 6) is 1.18. The molecule has 0 saturated carbocycles. The average Bonchev–Trinajstić information content (AvgIpc) is 3.13. The van der Waals surface area contributed by atoms with E-state index in [2.05, 4.69) is 54.1 Å². The Kier molecular flexibility index (Phi) is 6.10. The van der Waals surface area contributed by atoms with Crippen molar-refractivity contribution >= 4 is 28.5 Å². The molecular weight excluding hydrogens is 406 g/mol. The number of aromatic nitrogens is 2. The van der Waals surface area contributed by atoms with E-state index in [1.54, 1.807) is 24.3 Å². The highest BCUT2D eigenvalue weighted by Gasteiger charge is 2.19. The third kappa shape index (κ3) is 4.64. The maximum Gasteiger partial charge on any atom is 0.251 e. The van der Waals surface area contributed by atoms with Gasteiger partial charge in [-0.05, 0) is 60.4 Å². The van der Waals surface area contributed by atoms with Gasteiger partial charge in [0.25, 0.3) is 5.91 Å². The molecule has 1 atom stereocenters. The number of rotatable bonds is 6. The molecular formula is C26H26ClN3O. The molecule has 4 nitrogen and oxygen atoms in total. The number of imidazole rings is 1. The first-order chi connectivity index (χ1) is 14.9. The minimum Gasteiger partial charge on any atom is -0.342 e. The molecule has 0 bridgehead atoms. The van der Waals surface area contributed by atoms with Crippen molar-refractivity contribution in [2.75, 3.05) is 0 Å².